The number of hydrogen-bond donors (Lipinski definition) is 1. The van der Waals surface area contributed by atoms with Crippen LogP contribution in [0.2, 0.25) is 0 Å². The molecule has 26 heavy (non-hydrogen) atoms. The number of benzene rings is 2. The third kappa shape index (κ3) is 4.67. The molecule has 0 fully saturated rings. The highest BCUT2D eigenvalue weighted by Gasteiger charge is 2.12. The van der Waals surface area contributed by atoms with E-state index >= 15 is 0 Å². The lowest BCUT2D eigenvalue weighted by atomic mass is 10.1. The molecule has 3 aromatic rings. The van der Waals surface area contributed by atoms with Gasteiger partial charge >= 0.3 is 0 Å². The molecule has 2 aromatic carbocycles. The summed E-state index contributed by atoms with van der Waals surface area (Å²) >= 11 is 1.59. The van der Waals surface area contributed by atoms with Crippen LogP contribution in [-0.4, -0.2) is 10.9 Å². The Bertz CT molecular complexity index is 876. The fourth-order valence-electron chi connectivity index (χ4n) is 2.45. The van der Waals surface area contributed by atoms with Crippen LogP contribution in [0, 0.1) is 12.7 Å². The maximum absolute atomic E-state index is 13.0. The van der Waals surface area contributed by atoms with Gasteiger partial charge in [-0.1, -0.05) is 12.1 Å². The van der Waals surface area contributed by atoms with Crippen molar-refractivity contribution >= 4 is 17.2 Å². The summed E-state index contributed by atoms with van der Waals surface area (Å²) in [4.78, 5) is 16.7. The van der Waals surface area contributed by atoms with E-state index in [1.807, 2.05) is 19.2 Å². The molecule has 6 heteroatoms. The summed E-state index contributed by atoms with van der Waals surface area (Å²) in [6.45, 7) is 4.21. The summed E-state index contributed by atoms with van der Waals surface area (Å²) < 4.78 is 18.7. The van der Waals surface area contributed by atoms with Gasteiger partial charge in [0.1, 0.15) is 18.2 Å². The fourth-order valence-corrected chi connectivity index (χ4v) is 3.05. The maximum Gasteiger partial charge on any atom is 0.251 e. The topological polar surface area (TPSA) is 51.2 Å². The monoisotopic (exact) mass is 370 g/mol. The maximum atomic E-state index is 13.0. The molecule has 1 N–H and O–H groups in total. The minimum absolute atomic E-state index is 0.191. The summed E-state index contributed by atoms with van der Waals surface area (Å²) in [6.07, 6.45) is 0. The zero-order chi connectivity index (χ0) is 18.5. The summed E-state index contributed by atoms with van der Waals surface area (Å²) in [5, 5.41) is 5.87. The van der Waals surface area contributed by atoms with Crippen LogP contribution in [0.1, 0.15) is 39.6 Å². The second-order valence-corrected chi connectivity index (χ2v) is 6.98. The average molecular weight is 370 g/mol. The molecule has 0 aliphatic heterocycles. The lowest BCUT2D eigenvalue weighted by molar-refractivity contribution is 0.0940. The summed E-state index contributed by atoms with van der Waals surface area (Å²) in [5.74, 6) is 0.193. The third-order valence-electron chi connectivity index (χ3n) is 3.89. The van der Waals surface area contributed by atoms with Gasteiger partial charge in [-0.25, -0.2) is 9.37 Å². The Balaban J connectivity index is 1.57. The van der Waals surface area contributed by atoms with Crippen molar-refractivity contribution in [1.29, 1.82) is 0 Å². The molecule has 0 aliphatic carbocycles. The van der Waals surface area contributed by atoms with Crippen LogP contribution in [-0.2, 0) is 6.61 Å². The van der Waals surface area contributed by atoms with Gasteiger partial charge < -0.3 is 10.1 Å². The van der Waals surface area contributed by atoms with E-state index in [-0.39, 0.29) is 17.8 Å². The van der Waals surface area contributed by atoms with Crippen LogP contribution in [0.5, 0.6) is 5.75 Å². The van der Waals surface area contributed by atoms with Gasteiger partial charge in [-0.2, -0.15) is 0 Å². The van der Waals surface area contributed by atoms with Crippen molar-refractivity contribution in [3.05, 3.63) is 81.6 Å². The fraction of sp³-hybridized carbons (Fsp3) is 0.200. The van der Waals surface area contributed by atoms with Crippen molar-refractivity contribution in [2.45, 2.75) is 26.5 Å². The Morgan fingerprint density at radius 1 is 1.19 bits per heavy atom. The molecular weight excluding hydrogens is 351 g/mol. The number of aryl methyl sites for hydroxylation is 1. The first-order chi connectivity index (χ1) is 12.5. The molecule has 0 spiro atoms. The van der Waals surface area contributed by atoms with Crippen LogP contribution in [0.25, 0.3) is 0 Å². The predicted molar refractivity (Wildman–Crippen MR) is 99.9 cm³/mol. The Morgan fingerprint density at radius 2 is 1.88 bits per heavy atom. The predicted octanol–water partition coefficient (Wildman–Crippen LogP) is 4.66. The Labute approximate surface area is 155 Å². The van der Waals surface area contributed by atoms with E-state index in [1.165, 1.54) is 12.1 Å². The van der Waals surface area contributed by atoms with Gasteiger partial charge in [0.2, 0.25) is 0 Å². The van der Waals surface area contributed by atoms with Gasteiger partial charge in [0.15, 0.2) is 0 Å². The van der Waals surface area contributed by atoms with Gasteiger partial charge in [-0.15, -0.1) is 11.3 Å². The van der Waals surface area contributed by atoms with Crippen molar-refractivity contribution in [1.82, 2.24) is 10.3 Å². The zero-order valence-electron chi connectivity index (χ0n) is 14.5. The van der Waals surface area contributed by atoms with Crippen LogP contribution >= 0.6 is 11.3 Å². The standard InChI is InChI=1S/C20H19FN2O2S/c1-13(15-3-7-17(21)8-4-15)22-20(24)16-5-9-19(10-6-16)25-11-18-12-26-14(2)23-18/h3-10,12-13H,11H2,1-2H3,(H,22,24)/t13-/m1/s1. The lowest BCUT2D eigenvalue weighted by Crippen LogP contribution is -2.26. The van der Waals surface area contributed by atoms with Crippen molar-refractivity contribution < 1.29 is 13.9 Å². The average Bonchev–Trinajstić information content (AvgIpc) is 3.06. The second kappa shape index (κ2) is 8.10. The second-order valence-electron chi connectivity index (χ2n) is 5.92. The normalized spacial score (nSPS) is 11.8. The van der Waals surface area contributed by atoms with Gasteiger partial charge in [0.05, 0.1) is 16.7 Å². The number of nitrogens with one attached hydrogen (secondary N) is 1. The number of rotatable bonds is 6. The zero-order valence-corrected chi connectivity index (χ0v) is 15.3. The van der Waals surface area contributed by atoms with Gasteiger partial charge in [-0.05, 0) is 55.8 Å². The quantitative estimate of drug-likeness (QED) is 0.686. The van der Waals surface area contributed by atoms with Crippen LogP contribution in [0.15, 0.2) is 53.9 Å². The Morgan fingerprint density at radius 3 is 2.50 bits per heavy atom. The first-order valence-electron chi connectivity index (χ1n) is 8.21. The number of carbonyl (C=O) groups is 1. The largest absolute Gasteiger partial charge is 0.487 e. The van der Waals surface area contributed by atoms with Crippen molar-refractivity contribution in [3.63, 3.8) is 0 Å². The van der Waals surface area contributed by atoms with Crippen LogP contribution < -0.4 is 10.1 Å². The molecule has 0 unspecified atom stereocenters. The highest BCUT2D eigenvalue weighted by molar-refractivity contribution is 7.09. The molecule has 0 radical (unpaired) electrons. The van der Waals surface area contributed by atoms with Gasteiger partial charge in [0, 0.05) is 10.9 Å². The van der Waals surface area contributed by atoms with E-state index in [9.17, 15) is 9.18 Å². The molecule has 1 aromatic heterocycles. The molecule has 134 valence electrons. The number of amides is 1. The number of hydrogen-bond acceptors (Lipinski definition) is 4. The number of thiazole rings is 1. The number of carbonyl (C=O) groups excluding carboxylic acids is 1. The first-order valence-corrected chi connectivity index (χ1v) is 9.09. The molecule has 0 aliphatic rings. The van der Waals surface area contributed by atoms with Crippen LogP contribution in [0.4, 0.5) is 4.39 Å². The van der Waals surface area contributed by atoms with E-state index in [4.69, 9.17) is 4.74 Å². The molecule has 0 saturated heterocycles. The summed E-state index contributed by atoms with van der Waals surface area (Å²) in [6, 6.07) is 12.8. The summed E-state index contributed by atoms with van der Waals surface area (Å²) in [5.41, 5.74) is 2.27. The number of halogens is 1. The van der Waals surface area contributed by atoms with E-state index in [0.717, 1.165) is 16.3 Å². The number of aromatic nitrogens is 1. The molecule has 1 atom stereocenters. The van der Waals surface area contributed by atoms with Crippen LogP contribution in [0.3, 0.4) is 0 Å². The van der Waals surface area contributed by atoms with Crippen molar-refractivity contribution in [3.8, 4) is 5.75 Å². The molecule has 0 bridgehead atoms. The van der Waals surface area contributed by atoms with E-state index in [2.05, 4.69) is 10.3 Å². The molecule has 1 heterocycles. The highest BCUT2D eigenvalue weighted by Crippen LogP contribution is 2.17. The van der Waals surface area contributed by atoms with Crippen molar-refractivity contribution in [2.24, 2.45) is 0 Å². The van der Waals surface area contributed by atoms with Crippen molar-refractivity contribution in [2.75, 3.05) is 0 Å². The smallest absolute Gasteiger partial charge is 0.251 e. The van der Waals surface area contributed by atoms with E-state index in [1.54, 1.807) is 47.7 Å². The Hall–Kier alpha value is -2.73. The Kier molecular flexibility index (Phi) is 5.63. The number of nitrogens with zero attached hydrogens (tertiary/aromatic N) is 1. The van der Waals surface area contributed by atoms with E-state index < -0.39 is 0 Å². The number of ether oxygens (including phenoxy) is 1. The molecule has 3 rings (SSSR count). The van der Waals surface area contributed by atoms with Gasteiger partial charge in [-0.3, -0.25) is 4.79 Å². The molecule has 4 nitrogen and oxygen atoms in total. The molecule has 1 amide bonds. The SMILES string of the molecule is Cc1nc(COc2ccc(C(=O)N[C@H](C)c3ccc(F)cc3)cc2)cs1. The minimum Gasteiger partial charge on any atom is -0.487 e. The molecule has 0 saturated carbocycles. The minimum atomic E-state index is -0.296. The van der Waals surface area contributed by atoms with Gasteiger partial charge in [0.25, 0.3) is 5.91 Å². The first kappa shape index (κ1) is 18.1. The third-order valence-corrected chi connectivity index (χ3v) is 4.71. The summed E-state index contributed by atoms with van der Waals surface area (Å²) in [7, 11) is 0. The van der Waals surface area contributed by atoms with E-state index in [0.29, 0.717) is 17.9 Å². The molecular formula is C20H19FN2O2S. The highest BCUT2D eigenvalue weighted by atomic mass is 32.1. The lowest BCUT2D eigenvalue weighted by Gasteiger charge is -2.14.